The van der Waals surface area contributed by atoms with Crippen LogP contribution in [-0.4, -0.2) is 40.9 Å². The third kappa shape index (κ3) is 3.67. The molecule has 1 aromatic heterocycles. The minimum atomic E-state index is -0.00619. The van der Waals surface area contributed by atoms with Crippen molar-refractivity contribution in [2.75, 3.05) is 25.0 Å². The highest BCUT2D eigenvalue weighted by atomic mass is 16.2. The number of aromatic nitrogens is 2. The summed E-state index contributed by atoms with van der Waals surface area (Å²) >= 11 is 0. The molecule has 0 saturated carbocycles. The number of hydrogen-bond donors (Lipinski definition) is 0. The smallest absolute Gasteiger partial charge is 0.274 e. The number of para-hydroxylation sites is 1. The molecule has 2 aromatic rings. The van der Waals surface area contributed by atoms with Gasteiger partial charge in [-0.05, 0) is 25.0 Å². The Labute approximate surface area is 137 Å². The molecule has 0 radical (unpaired) electrons. The topological polar surface area (TPSA) is 49.3 Å². The van der Waals surface area contributed by atoms with Crippen molar-refractivity contribution in [2.45, 2.75) is 25.7 Å². The summed E-state index contributed by atoms with van der Waals surface area (Å²) < 4.78 is 0. The van der Waals surface area contributed by atoms with E-state index < -0.39 is 0 Å². The second kappa shape index (κ2) is 7.22. The van der Waals surface area contributed by atoms with Crippen LogP contribution in [0.5, 0.6) is 0 Å². The predicted octanol–water partition coefficient (Wildman–Crippen LogP) is 3.26. The molecular formula is C18H22N4O. The zero-order chi connectivity index (χ0) is 16.1. The van der Waals surface area contributed by atoms with Crippen LogP contribution in [0.1, 0.15) is 36.2 Å². The zero-order valence-corrected chi connectivity index (χ0v) is 13.5. The monoisotopic (exact) mass is 310 g/mol. The summed E-state index contributed by atoms with van der Waals surface area (Å²) in [6, 6.07) is 9.97. The van der Waals surface area contributed by atoms with Crippen molar-refractivity contribution >= 4 is 17.4 Å². The van der Waals surface area contributed by atoms with Gasteiger partial charge in [-0.25, -0.2) is 9.97 Å². The molecule has 1 amide bonds. The summed E-state index contributed by atoms with van der Waals surface area (Å²) in [6.07, 6.45) is 7.81. The summed E-state index contributed by atoms with van der Waals surface area (Å²) in [5, 5.41) is 0. The van der Waals surface area contributed by atoms with E-state index in [4.69, 9.17) is 0 Å². The highest BCUT2D eigenvalue weighted by Gasteiger charge is 2.19. The fourth-order valence-corrected chi connectivity index (χ4v) is 2.82. The third-order valence-electron chi connectivity index (χ3n) is 4.24. The van der Waals surface area contributed by atoms with E-state index in [9.17, 15) is 4.79 Å². The molecule has 0 unspecified atom stereocenters. The van der Waals surface area contributed by atoms with E-state index in [1.807, 2.05) is 47.2 Å². The summed E-state index contributed by atoms with van der Waals surface area (Å²) in [6.45, 7) is 1.65. The molecule has 2 heterocycles. The molecule has 0 bridgehead atoms. The number of rotatable bonds is 3. The van der Waals surface area contributed by atoms with Crippen molar-refractivity contribution in [1.29, 1.82) is 0 Å². The van der Waals surface area contributed by atoms with Gasteiger partial charge in [-0.3, -0.25) is 4.79 Å². The second-order valence-electron chi connectivity index (χ2n) is 5.86. The summed E-state index contributed by atoms with van der Waals surface area (Å²) in [4.78, 5) is 25.1. The van der Waals surface area contributed by atoms with Gasteiger partial charge in [0.2, 0.25) is 0 Å². The van der Waals surface area contributed by atoms with Crippen LogP contribution < -0.4 is 4.90 Å². The molecule has 1 aliphatic rings. The first-order chi connectivity index (χ1) is 11.3. The third-order valence-corrected chi connectivity index (χ3v) is 4.24. The highest BCUT2D eigenvalue weighted by molar-refractivity contribution is 5.92. The van der Waals surface area contributed by atoms with E-state index in [1.165, 1.54) is 12.8 Å². The quantitative estimate of drug-likeness (QED) is 0.873. The van der Waals surface area contributed by atoms with E-state index in [2.05, 4.69) is 9.97 Å². The van der Waals surface area contributed by atoms with Gasteiger partial charge in [0.25, 0.3) is 5.91 Å². The lowest BCUT2D eigenvalue weighted by Gasteiger charge is -2.20. The van der Waals surface area contributed by atoms with Crippen molar-refractivity contribution in [1.82, 2.24) is 14.9 Å². The van der Waals surface area contributed by atoms with Crippen molar-refractivity contribution in [3.63, 3.8) is 0 Å². The first kappa shape index (κ1) is 15.5. The number of hydrogen-bond acceptors (Lipinski definition) is 4. The minimum Gasteiger partial charge on any atom is -0.337 e. The maximum absolute atomic E-state index is 12.5. The van der Waals surface area contributed by atoms with Crippen molar-refractivity contribution in [3.8, 4) is 0 Å². The Balaban J connectivity index is 1.72. The van der Waals surface area contributed by atoms with Crippen LogP contribution in [0.2, 0.25) is 0 Å². The summed E-state index contributed by atoms with van der Waals surface area (Å²) in [7, 11) is 1.94. The van der Waals surface area contributed by atoms with Gasteiger partial charge in [0, 0.05) is 25.8 Å². The van der Waals surface area contributed by atoms with Gasteiger partial charge in [0.05, 0.1) is 12.4 Å². The van der Waals surface area contributed by atoms with Gasteiger partial charge in [-0.15, -0.1) is 0 Å². The number of anilines is 2. The first-order valence-corrected chi connectivity index (χ1v) is 8.16. The van der Waals surface area contributed by atoms with Gasteiger partial charge >= 0.3 is 0 Å². The molecule has 1 aromatic carbocycles. The molecule has 0 aliphatic carbocycles. The Morgan fingerprint density at radius 1 is 1.00 bits per heavy atom. The molecule has 1 fully saturated rings. The van der Waals surface area contributed by atoms with Gasteiger partial charge in [0.15, 0.2) is 5.82 Å². The Morgan fingerprint density at radius 2 is 1.70 bits per heavy atom. The van der Waals surface area contributed by atoms with E-state index in [0.717, 1.165) is 37.4 Å². The van der Waals surface area contributed by atoms with Crippen LogP contribution >= 0.6 is 0 Å². The number of benzene rings is 1. The molecular weight excluding hydrogens is 288 g/mol. The minimum absolute atomic E-state index is 0.00619. The van der Waals surface area contributed by atoms with Crippen molar-refractivity contribution in [2.24, 2.45) is 0 Å². The lowest BCUT2D eigenvalue weighted by Crippen LogP contribution is -2.32. The molecule has 3 rings (SSSR count). The van der Waals surface area contributed by atoms with Gasteiger partial charge in [-0.1, -0.05) is 31.0 Å². The van der Waals surface area contributed by atoms with Crippen LogP contribution in [0.4, 0.5) is 11.5 Å². The lowest BCUT2D eigenvalue weighted by atomic mass is 10.2. The summed E-state index contributed by atoms with van der Waals surface area (Å²) in [5.41, 5.74) is 1.46. The molecule has 1 saturated heterocycles. The number of nitrogens with zero attached hydrogens (tertiary/aromatic N) is 4. The first-order valence-electron chi connectivity index (χ1n) is 8.16. The van der Waals surface area contributed by atoms with Gasteiger partial charge < -0.3 is 9.80 Å². The second-order valence-corrected chi connectivity index (χ2v) is 5.86. The Bertz CT molecular complexity index is 634. The number of likely N-dealkylation sites (tertiary alicyclic amines) is 1. The molecule has 0 spiro atoms. The van der Waals surface area contributed by atoms with E-state index >= 15 is 0 Å². The van der Waals surface area contributed by atoms with Crippen molar-refractivity contribution < 1.29 is 4.79 Å². The average molecular weight is 310 g/mol. The molecule has 23 heavy (non-hydrogen) atoms. The molecule has 120 valence electrons. The van der Waals surface area contributed by atoms with Crippen LogP contribution in [0.3, 0.4) is 0 Å². The van der Waals surface area contributed by atoms with Crippen molar-refractivity contribution in [3.05, 3.63) is 48.4 Å². The molecule has 5 heteroatoms. The molecule has 0 atom stereocenters. The van der Waals surface area contributed by atoms with Gasteiger partial charge in [0.1, 0.15) is 5.69 Å². The maximum atomic E-state index is 12.5. The lowest BCUT2D eigenvalue weighted by molar-refractivity contribution is 0.0755. The molecule has 0 N–H and O–H groups in total. The number of amides is 1. The van der Waals surface area contributed by atoms with Crippen LogP contribution in [-0.2, 0) is 0 Å². The summed E-state index contributed by atoms with van der Waals surface area (Å²) in [5.74, 6) is 0.719. The number of carbonyl (C=O) groups is 1. The normalized spacial score (nSPS) is 15.1. The fraction of sp³-hybridized carbons (Fsp3) is 0.389. The zero-order valence-electron chi connectivity index (χ0n) is 13.5. The SMILES string of the molecule is CN(c1ccccc1)c1cnc(C(=O)N2CCCCCC2)cn1. The fourth-order valence-electron chi connectivity index (χ4n) is 2.82. The molecule has 5 nitrogen and oxygen atoms in total. The van der Waals surface area contributed by atoms with E-state index in [1.54, 1.807) is 12.4 Å². The maximum Gasteiger partial charge on any atom is 0.274 e. The Hall–Kier alpha value is -2.43. The Kier molecular flexibility index (Phi) is 4.86. The van der Waals surface area contributed by atoms with Crippen LogP contribution in [0, 0.1) is 0 Å². The average Bonchev–Trinajstić information content (AvgIpc) is 2.91. The Morgan fingerprint density at radius 3 is 2.30 bits per heavy atom. The highest BCUT2D eigenvalue weighted by Crippen LogP contribution is 2.20. The van der Waals surface area contributed by atoms with E-state index in [0.29, 0.717) is 5.69 Å². The van der Waals surface area contributed by atoms with Gasteiger partial charge in [-0.2, -0.15) is 0 Å². The largest absolute Gasteiger partial charge is 0.337 e. The standard InChI is InChI=1S/C18H22N4O/c1-21(15-9-5-4-6-10-15)17-14-19-16(13-20-17)18(23)22-11-7-2-3-8-12-22/h4-6,9-10,13-14H,2-3,7-8,11-12H2,1H3. The predicted molar refractivity (Wildman–Crippen MR) is 90.9 cm³/mol. The number of carbonyl (C=O) groups excluding carboxylic acids is 1. The van der Waals surface area contributed by atoms with Crippen LogP contribution in [0.25, 0.3) is 0 Å². The van der Waals surface area contributed by atoms with E-state index in [-0.39, 0.29) is 5.91 Å². The molecule has 1 aliphatic heterocycles. The van der Waals surface area contributed by atoms with Crippen LogP contribution in [0.15, 0.2) is 42.7 Å².